The Balaban J connectivity index is 1.83. The topological polar surface area (TPSA) is 34.1 Å². The van der Waals surface area contributed by atoms with Crippen molar-refractivity contribution < 1.29 is 14.0 Å². The number of carbonyl (C=O) groups excluding carboxylic acids is 2. The molecule has 0 aromatic rings. The van der Waals surface area contributed by atoms with Gasteiger partial charge in [-0.1, -0.05) is 20.4 Å². The van der Waals surface area contributed by atoms with Crippen LogP contribution in [0.2, 0.25) is 0 Å². The van der Waals surface area contributed by atoms with Crippen molar-refractivity contribution in [1.29, 1.82) is 0 Å². The van der Waals surface area contributed by atoms with Crippen molar-refractivity contribution in [3.8, 4) is 0 Å². The second-order valence-corrected chi connectivity index (χ2v) is 8.94. The van der Waals surface area contributed by atoms with Crippen molar-refractivity contribution >= 4 is 11.6 Å². The smallest absolute Gasteiger partial charge is 0.156 e. The standard InChI is InChI=1S/C21H27FO2/c1-12-14(11-22)19-15-4-5-18(24)21(15,3)9-7-16(19)20(2)8-6-13(23)10-17(12)20/h10,14-16,19H,1,4-9,11H2,2-3H3/t14-,15+,16+,19+,20-,21+/m1/s1. The van der Waals surface area contributed by atoms with Crippen LogP contribution in [0.1, 0.15) is 52.4 Å². The average Bonchev–Trinajstić information content (AvgIpc) is 2.85. The summed E-state index contributed by atoms with van der Waals surface area (Å²) in [6, 6.07) is 0. The Morgan fingerprint density at radius 1 is 1.12 bits per heavy atom. The highest BCUT2D eigenvalue weighted by Gasteiger charge is 2.62. The molecule has 4 aliphatic rings. The summed E-state index contributed by atoms with van der Waals surface area (Å²) in [4.78, 5) is 24.5. The highest BCUT2D eigenvalue weighted by molar-refractivity contribution is 5.92. The van der Waals surface area contributed by atoms with Gasteiger partial charge in [-0.15, -0.1) is 0 Å². The van der Waals surface area contributed by atoms with E-state index in [1.807, 2.05) is 0 Å². The van der Waals surface area contributed by atoms with Gasteiger partial charge in [0.15, 0.2) is 5.78 Å². The first kappa shape index (κ1) is 16.2. The number of hydrogen-bond acceptors (Lipinski definition) is 2. The van der Waals surface area contributed by atoms with Gasteiger partial charge in [-0.05, 0) is 66.1 Å². The van der Waals surface area contributed by atoms with E-state index in [0.717, 1.165) is 36.8 Å². The zero-order chi connectivity index (χ0) is 17.3. The molecule has 3 saturated carbocycles. The van der Waals surface area contributed by atoms with Gasteiger partial charge in [0, 0.05) is 24.2 Å². The zero-order valence-electron chi connectivity index (χ0n) is 14.7. The van der Waals surface area contributed by atoms with Gasteiger partial charge in [-0.3, -0.25) is 14.0 Å². The fraction of sp³-hybridized carbons (Fsp3) is 0.714. The Morgan fingerprint density at radius 2 is 1.83 bits per heavy atom. The number of Topliss-reactive ketones (excluding diaryl/α,β-unsaturated/α-hetero) is 1. The third kappa shape index (κ3) is 1.87. The van der Waals surface area contributed by atoms with Crippen LogP contribution in [-0.2, 0) is 9.59 Å². The molecule has 2 nitrogen and oxygen atoms in total. The summed E-state index contributed by atoms with van der Waals surface area (Å²) >= 11 is 0. The third-order valence-corrected chi connectivity index (χ3v) is 8.10. The molecule has 0 bridgehead atoms. The lowest BCUT2D eigenvalue weighted by molar-refractivity contribution is -0.133. The number of fused-ring (bicyclic) bond motifs is 5. The second-order valence-electron chi connectivity index (χ2n) is 8.94. The third-order valence-electron chi connectivity index (χ3n) is 8.10. The van der Waals surface area contributed by atoms with Gasteiger partial charge in [0.05, 0.1) is 6.67 Å². The van der Waals surface area contributed by atoms with Gasteiger partial charge in [-0.25, -0.2) is 0 Å². The maximum atomic E-state index is 14.1. The number of rotatable bonds is 1. The summed E-state index contributed by atoms with van der Waals surface area (Å²) in [6.45, 7) is 8.17. The van der Waals surface area contributed by atoms with E-state index in [9.17, 15) is 14.0 Å². The Bertz CT molecular complexity index is 663. The second kappa shape index (κ2) is 5.12. The molecule has 0 spiro atoms. The lowest BCUT2D eigenvalue weighted by Gasteiger charge is -2.59. The van der Waals surface area contributed by atoms with Crippen LogP contribution in [0.15, 0.2) is 23.8 Å². The number of allylic oxidation sites excluding steroid dienone is 2. The molecule has 0 aromatic carbocycles. The quantitative estimate of drug-likeness (QED) is 0.712. The summed E-state index contributed by atoms with van der Waals surface area (Å²) < 4.78 is 14.1. The van der Waals surface area contributed by atoms with Gasteiger partial charge < -0.3 is 0 Å². The highest BCUT2D eigenvalue weighted by Crippen LogP contribution is 2.66. The van der Waals surface area contributed by atoms with Crippen molar-refractivity contribution in [2.24, 2.45) is 34.5 Å². The number of ketones is 2. The minimum absolute atomic E-state index is 0.0751. The van der Waals surface area contributed by atoms with Gasteiger partial charge in [0.25, 0.3) is 0 Å². The number of alkyl halides is 1. The molecular weight excluding hydrogens is 303 g/mol. The van der Waals surface area contributed by atoms with Crippen LogP contribution in [0.3, 0.4) is 0 Å². The van der Waals surface area contributed by atoms with E-state index in [1.54, 1.807) is 6.08 Å². The van der Waals surface area contributed by atoms with Crippen LogP contribution in [0, 0.1) is 34.5 Å². The fourth-order valence-corrected chi connectivity index (χ4v) is 6.66. The molecule has 0 heterocycles. The Morgan fingerprint density at radius 3 is 2.54 bits per heavy atom. The van der Waals surface area contributed by atoms with Crippen LogP contribution >= 0.6 is 0 Å². The van der Waals surface area contributed by atoms with Crippen LogP contribution in [-0.4, -0.2) is 18.2 Å². The van der Waals surface area contributed by atoms with Crippen LogP contribution in [0.25, 0.3) is 0 Å². The molecule has 0 N–H and O–H groups in total. The minimum atomic E-state index is -0.428. The van der Waals surface area contributed by atoms with Gasteiger partial charge >= 0.3 is 0 Å². The van der Waals surface area contributed by atoms with E-state index < -0.39 is 6.67 Å². The summed E-state index contributed by atoms with van der Waals surface area (Å²) in [5, 5.41) is 0. The monoisotopic (exact) mass is 330 g/mol. The summed E-state index contributed by atoms with van der Waals surface area (Å²) in [5.74, 6) is 1.14. The van der Waals surface area contributed by atoms with Gasteiger partial charge in [-0.2, -0.15) is 0 Å². The van der Waals surface area contributed by atoms with E-state index >= 15 is 0 Å². The molecule has 130 valence electrons. The number of hydrogen-bond donors (Lipinski definition) is 0. The first-order valence-corrected chi connectivity index (χ1v) is 9.36. The van der Waals surface area contributed by atoms with E-state index in [2.05, 4.69) is 20.4 Å². The first-order valence-electron chi connectivity index (χ1n) is 9.36. The summed E-state index contributed by atoms with van der Waals surface area (Å²) in [5.41, 5.74) is 1.50. The van der Waals surface area contributed by atoms with E-state index in [-0.39, 0.29) is 34.4 Å². The molecule has 0 unspecified atom stereocenters. The molecule has 4 aliphatic carbocycles. The molecule has 0 amide bonds. The highest BCUT2D eigenvalue weighted by atomic mass is 19.1. The van der Waals surface area contributed by atoms with Crippen molar-refractivity contribution in [3.05, 3.63) is 23.8 Å². The first-order chi connectivity index (χ1) is 11.3. The average molecular weight is 330 g/mol. The maximum Gasteiger partial charge on any atom is 0.156 e. The van der Waals surface area contributed by atoms with E-state index in [4.69, 9.17) is 0 Å². The van der Waals surface area contributed by atoms with Crippen molar-refractivity contribution in [2.45, 2.75) is 52.4 Å². The fourth-order valence-electron chi connectivity index (χ4n) is 6.66. The van der Waals surface area contributed by atoms with Gasteiger partial charge in [0.2, 0.25) is 0 Å². The lowest BCUT2D eigenvalue weighted by Crippen LogP contribution is -2.54. The largest absolute Gasteiger partial charge is 0.299 e. The molecule has 0 aromatic heterocycles. The van der Waals surface area contributed by atoms with E-state index in [1.165, 1.54) is 0 Å². The van der Waals surface area contributed by atoms with Crippen LogP contribution < -0.4 is 0 Å². The van der Waals surface area contributed by atoms with Crippen LogP contribution in [0.5, 0.6) is 0 Å². The number of halogens is 1. The zero-order valence-corrected chi connectivity index (χ0v) is 14.7. The predicted octanol–water partition coefficient (Wildman–Crippen LogP) is 4.45. The minimum Gasteiger partial charge on any atom is -0.299 e. The van der Waals surface area contributed by atoms with Gasteiger partial charge in [0.1, 0.15) is 5.78 Å². The van der Waals surface area contributed by atoms with Crippen LogP contribution in [0.4, 0.5) is 4.39 Å². The lowest BCUT2D eigenvalue weighted by atomic mass is 9.44. The molecule has 0 saturated heterocycles. The summed E-state index contributed by atoms with van der Waals surface area (Å²) in [7, 11) is 0. The maximum absolute atomic E-state index is 14.1. The molecule has 4 rings (SSSR count). The Hall–Kier alpha value is -1.25. The van der Waals surface area contributed by atoms with Crippen molar-refractivity contribution in [3.63, 3.8) is 0 Å². The molecule has 6 atom stereocenters. The van der Waals surface area contributed by atoms with Crippen molar-refractivity contribution in [2.75, 3.05) is 6.67 Å². The Labute approximate surface area is 143 Å². The van der Waals surface area contributed by atoms with Crippen molar-refractivity contribution in [1.82, 2.24) is 0 Å². The molecule has 24 heavy (non-hydrogen) atoms. The summed E-state index contributed by atoms with van der Waals surface area (Å²) in [6.07, 6.45) is 6.60. The SMILES string of the molecule is C=C1C2=CC(=O)CC[C@]2(C)[C@H]2CC[C@]3(C)C(=O)CC[C@H]3[C@@H]2[C@@H]1CF. The molecule has 3 fully saturated rings. The Kier molecular flexibility index (Phi) is 3.47. The number of carbonyl (C=O) groups is 2. The molecular formula is C21H27FO2. The molecule has 0 aliphatic heterocycles. The molecule has 0 radical (unpaired) electrons. The normalized spacial score (nSPS) is 47.8. The molecule has 3 heteroatoms. The predicted molar refractivity (Wildman–Crippen MR) is 91.1 cm³/mol. The van der Waals surface area contributed by atoms with E-state index in [0.29, 0.717) is 24.5 Å².